The Morgan fingerprint density at radius 2 is 1.83 bits per heavy atom. The van der Waals surface area contributed by atoms with Crippen molar-refractivity contribution in [1.82, 2.24) is 25.9 Å². The first-order chi connectivity index (χ1) is 20.3. The number of hydrogen-bond donors (Lipinski definition) is 4. The fourth-order valence-corrected chi connectivity index (χ4v) is 5.68. The molecule has 0 amide bonds. The number of rotatable bonds is 8. The molecule has 1 unspecified atom stereocenters. The maximum Gasteiger partial charge on any atom is 0.141 e. The van der Waals surface area contributed by atoms with Crippen LogP contribution in [0.4, 0.5) is 21.5 Å². The summed E-state index contributed by atoms with van der Waals surface area (Å²) in [5.74, 6) is -0.534. The molecule has 214 valence electrons. The third-order valence-electron chi connectivity index (χ3n) is 7.45. The van der Waals surface area contributed by atoms with Gasteiger partial charge in [0.05, 0.1) is 44.6 Å². The second kappa shape index (κ2) is 11.8. The molecule has 1 saturated heterocycles. The summed E-state index contributed by atoms with van der Waals surface area (Å²) >= 11 is 19.0. The first kappa shape index (κ1) is 28.3. The van der Waals surface area contributed by atoms with Gasteiger partial charge in [-0.15, -0.1) is 5.53 Å². The Morgan fingerprint density at radius 3 is 2.55 bits per heavy atom. The molecule has 1 aromatic heterocycles. The predicted molar refractivity (Wildman–Crippen MR) is 166 cm³/mol. The number of likely N-dealkylation sites (tertiary alicyclic amines) is 1. The monoisotopic (exact) mass is 622 g/mol. The molecule has 4 aromatic rings. The number of pyridine rings is 1. The molecule has 0 spiro atoms. The highest BCUT2D eigenvalue weighted by atomic mass is 35.5. The zero-order valence-corrected chi connectivity index (χ0v) is 24.7. The van der Waals surface area contributed by atoms with E-state index >= 15 is 0 Å². The van der Waals surface area contributed by atoms with Crippen LogP contribution in [-0.4, -0.2) is 40.6 Å². The van der Waals surface area contributed by atoms with Gasteiger partial charge in [-0.25, -0.2) is 4.39 Å². The number of benzene rings is 3. The molecule has 12 heteroatoms. The summed E-state index contributed by atoms with van der Waals surface area (Å²) in [6.07, 6.45) is 3.53. The van der Waals surface area contributed by atoms with E-state index in [4.69, 9.17) is 34.8 Å². The average Bonchev–Trinajstić information content (AvgIpc) is 3.43. The van der Waals surface area contributed by atoms with E-state index < -0.39 is 5.82 Å². The van der Waals surface area contributed by atoms with E-state index in [1.807, 2.05) is 30.3 Å². The summed E-state index contributed by atoms with van der Waals surface area (Å²) in [7, 11) is 0. The smallest absolute Gasteiger partial charge is 0.141 e. The number of nitrogens with one attached hydrogen (secondary N) is 4. The van der Waals surface area contributed by atoms with Crippen LogP contribution >= 0.6 is 34.8 Å². The van der Waals surface area contributed by atoms with Gasteiger partial charge in [-0.05, 0) is 54.6 Å². The largest absolute Gasteiger partial charge is 0.373 e. The lowest BCUT2D eigenvalue weighted by molar-refractivity contribution is 0.0390. The van der Waals surface area contributed by atoms with Crippen molar-refractivity contribution in [3.8, 4) is 6.07 Å². The standard InChI is InChI=1S/C30H26Cl3FN8/c1-2-41-14-22(15-41)42-16-27(39-40-42)29(17-3-5-19(31)6-4-17)38-21-9-23-28(37-20-7-8-26(34)24(32)10-20)18(12-35)13-36-30(23)25(33)11-21/h3-11,13,16,22,29,38-40H,2,14-15H2,1H3,(H,36,37). The zero-order valence-electron chi connectivity index (χ0n) is 22.4. The highest BCUT2D eigenvalue weighted by molar-refractivity contribution is 6.36. The van der Waals surface area contributed by atoms with Gasteiger partial charge < -0.3 is 16.1 Å². The van der Waals surface area contributed by atoms with Crippen molar-refractivity contribution in [2.24, 2.45) is 0 Å². The average molecular weight is 624 g/mol. The van der Waals surface area contributed by atoms with Crippen molar-refractivity contribution >= 4 is 62.8 Å². The zero-order chi connectivity index (χ0) is 29.4. The number of likely N-dealkylation sites (N-methyl/N-ethyl adjacent to an activating group) is 1. The van der Waals surface area contributed by atoms with E-state index in [1.54, 1.807) is 12.1 Å². The van der Waals surface area contributed by atoms with Gasteiger partial charge >= 0.3 is 0 Å². The van der Waals surface area contributed by atoms with Crippen LogP contribution in [0.5, 0.6) is 0 Å². The van der Waals surface area contributed by atoms with Crippen molar-refractivity contribution in [2.45, 2.75) is 19.0 Å². The van der Waals surface area contributed by atoms with Crippen LogP contribution in [0.3, 0.4) is 0 Å². The van der Waals surface area contributed by atoms with Crippen LogP contribution in [0.15, 0.2) is 72.7 Å². The quantitative estimate of drug-likeness (QED) is 0.167. The first-order valence-electron chi connectivity index (χ1n) is 13.3. The van der Waals surface area contributed by atoms with Gasteiger partial charge in [-0.2, -0.15) is 5.26 Å². The summed E-state index contributed by atoms with van der Waals surface area (Å²) < 4.78 is 13.8. The Labute approximate surface area is 257 Å². The van der Waals surface area contributed by atoms with E-state index in [0.717, 1.165) is 30.9 Å². The van der Waals surface area contributed by atoms with Crippen LogP contribution in [0, 0.1) is 17.1 Å². The highest BCUT2D eigenvalue weighted by Crippen LogP contribution is 2.37. The Hall–Kier alpha value is -3.78. The van der Waals surface area contributed by atoms with Gasteiger partial charge in [-0.3, -0.25) is 14.9 Å². The Kier molecular flexibility index (Phi) is 7.99. The molecule has 0 radical (unpaired) electrons. The van der Waals surface area contributed by atoms with Crippen LogP contribution < -0.4 is 21.6 Å². The molecule has 0 saturated carbocycles. The number of nitriles is 1. The van der Waals surface area contributed by atoms with Gasteiger partial charge in [0.25, 0.3) is 0 Å². The van der Waals surface area contributed by atoms with Gasteiger partial charge in [0, 0.05) is 47.3 Å². The van der Waals surface area contributed by atoms with Gasteiger partial charge in [0.1, 0.15) is 11.9 Å². The fraction of sp³-hybridized carbons (Fsp3) is 0.200. The maximum absolute atomic E-state index is 13.8. The number of aromatic nitrogens is 1. The molecular formula is C30H26Cl3FN8. The number of nitrogens with zero attached hydrogens (tertiary/aromatic N) is 4. The summed E-state index contributed by atoms with van der Waals surface area (Å²) in [6, 6.07) is 17.8. The molecule has 2 aliphatic heterocycles. The minimum Gasteiger partial charge on any atom is -0.373 e. The number of fused-ring (bicyclic) bond motifs is 1. The summed E-state index contributed by atoms with van der Waals surface area (Å²) in [4.78, 5) is 6.82. The van der Waals surface area contributed by atoms with Crippen molar-refractivity contribution in [1.29, 1.82) is 5.26 Å². The molecule has 2 aliphatic rings. The molecule has 3 aromatic carbocycles. The van der Waals surface area contributed by atoms with Crippen molar-refractivity contribution < 1.29 is 4.39 Å². The van der Waals surface area contributed by atoms with Crippen molar-refractivity contribution in [3.63, 3.8) is 0 Å². The lowest BCUT2D eigenvalue weighted by atomic mass is 10.0. The predicted octanol–water partition coefficient (Wildman–Crippen LogP) is 6.97. The molecule has 1 atom stereocenters. The normalized spacial score (nSPS) is 16.0. The van der Waals surface area contributed by atoms with Crippen molar-refractivity contribution in [2.75, 3.05) is 30.3 Å². The number of hydrogen-bond acceptors (Lipinski definition) is 8. The van der Waals surface area contributed by atoms with Crippen LogP contribution in [0.1, 0.15) is 24.1 Å². The number of anilines is 3. The molecule has 0 aliphatic carbocycles. The Balaban J connectivity index is 1.38. The minimum absolute atomic E-state index is 0.0349. The number of halogens is 4. The Morgan fingerprint density at radius 1 is 1.07 bits per heavy atom. The molecule has 0 bridgehead atoms. The summed E-state index contributed by atoms with van der Waals surface area (Å²) in [6.45, 7) is 5.15. The lowest BCUT2D eigenvalue weighted by Gasteiger charge is -2.42. The second-order valence-electron chi connectivity index (χ2n) is 10.1. The van der Waals surface area contributed by atoms with E-state index in [-0.39, 0.29) is 11.1 Å². The SMILES string of the molecule is CCN1CC(N2C=C(C(Nc3cc(Cl)c4ncc(C#N)c(Nc5ccc(F)c(Cl)c5)c4c3)c3ccc(Cl)cc3)NN2)C1. The molecule has 8 nitrogen and oxygen atoms in total. The minimum atomic E-state index is -0.534. The lowest BCUT2D eigenvalue weighted by Crippen LogP contribution is -2.60. The summed E-state index contributed by atoms with van der Waals surface area (Å²) in [5.41, 5.74) is 11.0. The second-order valence-corrected chi connectivity index (χ2v) is 11.4. The maximum atomic E-state index is 13.8. The summed E-state index contributed by atoms with van der Waals surface area (Å²) in [5, 5.41) is 20.4. The van der Waals surface area contributed by atoms with E-state index in [0.29, 0.717) is 49.6 Å². The fourth-order valence-electron chi connectivity index (χ4n) is 5.11. The van der Waals surface area contributed by atoms with Gasteiger partial charge in [-0.1, -0.05) is 53.9 Å². The van der Waals surface area contributed by atoms with Crippen molar-refractivity contribution in [3.05, 3.63) is 105 Å². The third kappa shape index (κ3) is 5.64. The van der Waals surface area contributed by atoms with Gasteiger partial charge in [0.2, 0.25) is 0 Å². The molecular weight excluding hydrogens is 598 g/mol. The molecule has 42 heavy (non-hydrogen) atoms. The molecule has 6 rings (SSSR count). The first-order valence-corrected chi connectivity index (χ1v) is 14.5. The van der Waals surface area contributed by atoms with Crippen LogP contribution in [-0.2, 0) is 0 Å². The Bertz CT molecular complexity index is 1720. The molecule has 3 heterocycles. The number of hydrazine groups is 2. The van der Waals surface area contributed by atoms with E-state index in [9.17, 15) is 9.65 Å². The van der Waals surface area contributed by atoms with Gasteiger partial charge in [0.15, 0.2) is 0 Å². The third-order valence-corrected chi connectivity index (χ3v) is 8.28. The van der Waals surface area contributed by atoms with E-state index in [2.05, 4.69) is 55.7 Å². The topological polar surface area (TPSA) is 91.3 Å². The van der Waals surface area contributed by atoms with Crippen LogP contribution in [0.2, 0.25) is 15.1 Å². The van der Waals surface area contributed by atoms with Crippen LogP contribution in [0.25, 0.3) is 10.9 Å². The molecule has 1 fully saturated rings. The van der Waals surface area contributed by atoms with E-state index in [1.165, 1.54) is 18.3 Å². The molecule has 4 N–H and O–H groups in total. The highest BCUT2D eigenvalue weighted by Gasteiger charge is 2.33.